The Balaban J connectivity index is 2.01. The molecule has 2 aromatic carbocycles. The van der Waals surface area contributed by atoms with Crippen LogP contribution in [0.2, 0.25) is 0 Å². The second-order valence-corrected chi connectivity index (χ2v) is 4.67. The maximum atomic E-state index is 9.52. The van der Waals surface area contributed by atoms with Crippen molar-refractivity contribution in [3.63, 3.8) is 0 Å². The standard InChI is InChI=1S/C16H11N3O/c20-11-5-6-13-14(9-11)19-16(18-13)15-12-4-2-1-3-10(12)7-8-17-15/h1-9,20H,(H,18,19). The van der Waals surface area contributed by atoms with Crippen molar-refractivity contribution in [3.05, 3.63) is 54.7 Å². The lowest BCUT2D eigenvalue weighted by Crippen LogP contribution is -1.87. The van der Waals surface area contributed by atoms with Gasteiger partial charge in [0.1, 0.15) is 11.4 Å². The van der Waals surface area contributed by atoms with E-state index in [4.69, 9.17) is 0 Å². The van der Waals surface area contributed by atoms with Crippen LogP contribution >= 0.6 is 0 Å². The minimum Gasteiger partial charge on any atom is -0.508 e. The predicted octanol–water partition coefficient (Wildman–Crippen LogP) is 3.48. The van der Waals surface area contributed by atoms with E-state index < -0.39 is 0 Å². The molecule has 0 saturated carbocycles. The molecule has 0 unspecified atom stereocenters. The van der Waals surface area contributed by atoms with Gasteiger partial charge in [0.2, 0.25) is 0 Å². The van der Waals surface area contributed by atoms with Crippen LogP contribution in [0.15, 0.2) is 54.7 Å². The summed E-state index contributed by atoms with van der Waals surface area (Å²) in [6.45, 7) is 0. The van der Waals surface area contributed by atoms with Gasteiger partial charge < -0.3 is 10.1 Å². The van der Waals surface area contributed by atoms with Gasteiger partial charge in [-0.25, -0.2) is 4.98 Å². The third-order valence-corrected chi connectivity index (χ3v) is 3.36. The van der Waals surface area contributed by atoms with Crippen LogP contribution in [0, 0.1) is 0 Å². The van der Waals surface area contributed by atoms with Crippen LogP contribution in [0.25, 0.3) is 33.3 Å². The molecular formula is C16H11N3O. The van der Waals surface area contributed by atoms with E-state index in [0.717, 1.165) is 27.5 Å². The highest BCUT2D eigenvalue weighted by molar-refractivity contribution is 5.94. The number of fused-ring (bicyclic) bond motifs is 2. The number of phenols is 1. The fourth-order valence-electron chi connectivity index (χ4n) is 2.42. The maximum Gasteiger partial charge on any atom is 0.157 e. The van der Waals surface area contributed by atoms with Crippen molar-refractivity contribution in [2.75, 3.05) is 0 Å². The molecule has 0 amide bonds. The summed E-state index contributed by atoms with van der Waals surface area (Å²) in [4.78, 5) is 12.2. The maximum absolute atomic E-state index is 9.52. The van der Waals surface area contributed by atoms with Gasteiger partial charge in [0, 0.05) is 17.6 Å². The van der Waals surface area contributed by atoms with Crippen LogP contribution in [-0.4, -0.2) is 20.1 Å². The Morgan fingerprint density at radius 3 is 2.85 bits per heavy atom. The smallest absolute Gasteiger partial charge is 0.157 e. The van der Waals surface area contributed by atoms with Crippen molar-refractivity contribution in [1.29, 1.82) is 0 Å². The average molecular weight is 261 g/mol. The van der Waals surface area contributed by atoms with E-state index in [1.165, 1.54) is 0 Å². The van der Waals surface area contributed by atoms with Crippen LogP contribution in [0.1, 0.15) is 0 Å². The van der Waals surface area contributed by atoms with Crippen LogP contribution < -0.4 is 0 Å². The highest BCUT2D eigenvalue weighted by Crippen LogP contribution is 2.27. The molecule has 0 aliphatic rings. The molecule has 0 fully saturated rings. The van der Waals surface area contributed by atoms with Gasteiger partial charge >= 0.3 is 0 Å². The van der Waals surface area contributed by atoms with E-state index in [1.807, 2.05) is 24.3 Å². The summed E-state index contributed by atoms with van der Waals surface area (Å²) in [5.41, 5.74) is 2.43. The van der Waals surface area contributed by atoms with Gasteiger partial charge in [-0.3, -0.25) is 4.98 Å². The van der Waals surface area contributed by atoms with Crippen molar-refractivity contribution >= 4 is 21.8 Å². The second kappa shape index (κ2) is 4.06. The summed E-state index contributed by atoms with van der Waals surface area (Å²) in [6.07, 6.45) is 1.78. The fraction of sp³-hybridized carbons (Fsp3) is 0. The molecule has 0 aliphatic heterocycles. The van der Waals surface area contributed by atoms with Crippen molar-refractivity contribution in [3.8, 4) is 17.3 Å². The van der Waals surface area contributed by atoms with Crippen molar-refractivity contribution < 1.29 is 5.11 Å². The lowest BCUT2D eigenvalue weighted by molar-refractivity contribution is 0.476. The first-order chi connectivity index (χ1) is 9.81. The first-order valence-corrected chi connectivity index (χ1v) is 6.34. The molecule has 0 radical (unpaired) electrons. The molecule has 20 heavy (non-hydrogen) atoms. The number of nitrogens with one attached hydrogen (secondary N) is 1. The number of aromatic nitrogens is 3. The zero-order chi connectivity index (χ0) is 13.5. The Morgan fingerprint density at radius 2 is 1.90 bits per heavy atom. The number of rotatable bonds is 1. The fourth-order valence-corrected chi connectivity index (χ4v) is 2.42. The predicted molar refractivity (Wildman–Crippen MR) is 78.5 cm³/mol. The van der Waals surface area contributed by atoms with Gasteiger partial charge in [-0.2, -0.15) is 0 Å². The van der Waals surface area contributed by atoms with Crippen molar-refractivity contribution in [2.24, 2.45) is 0 Å². The zero-order valence-electron chi connectivity index (χ0n) is 10.5. The minimum atomic E-state index is 0.221. The van der Waals surface area contributed by atoms with Crippen LogP contribution in [0.4, 0.5) is 0 Å². The molecule has 0 bridgehead atoms. The Kier molecular flexibility index (Phi) is 2.23. The number of benzene rings is 2. The van der Waals surface area contributed by atoms with E-state index in [1.54, 1.807) is 24.4 Å². The highest BCUT2D eigenvalue weighted by atomic mass is 16.3. The van der Waals surface area contributed by atoms with E-state index >= 15 is 0 Å². The third kappa shape index (κ3) is 1.62. The van der Waals surface area contributed by atoms with Gasteiger partial charge in [0.15, 0.2) is 5.82 Å². The van der Waals surface area contributed by atoms with E-state index in [2.05, 4.69) is 21.0 Å². The molecule has 4 aromatic rings. The van der Waals surface area contributed by atoms with Crippen molar-refractivity contribution in [2.45, 2.75) is 0 Å². The number of imidazole rings is 1. The number of H-pyrrole nitrogens is 1. The molecule has 4 nitrogen and oxygen atoms in total. The summed E-state index contributed by atoms with van der Waals surface area (Å²) >= 11 is 0. The van der Waals surface area contributed by atoms with Gasteiger partial charge in [0.25, 0.3) is 0 Å². The normalized spacial score (nSPS) is 11.2. The molecule has 0 aliphatic carbocycles. The number of hydrogen-bond donors (Lipinski definition) is 2. The molecule has 0 atom stereocenters. The molecule has 2 N–H and O–H groups in total. The lowest BCUT2D eigenvalue weighted by atomic mass is 10.1. The summed E-state index contributed by atoms with van der Waals surface area (Å²) in [7, 11) is 0. The average Bonchev–Trinajstić information content (AvgIpc) is 2.89. The third-order valence-electron chi connectivity index (χ3n) is 3.36. The second-order valence-electron chi connectivity index (χ2n) is 4.67. The molecule has 4 heteroatoms. The van der Waals surface area contributed by atoms with E-state index in [9.17, 15) is 5.11 Å². The topological polar surface area (TPSA) is 61.8 Å². The van der Waals surface area contributed by atoms with Crippen LogP contribution in [0.3, 0.4) is 0 Å². The number of phenolic OH excluding ortho intramolecular Hbond substituents is 1. The van der Waals surface area contributed by atoms with E-state index in [-0.39, 0.29) is 5.75 Å². The van der Waals surface area contributed by atoms with Gasteiger partial charge in [0.05, 0.1) is 11.0 Å². The molecule has 0 spiro atoms. The van der Waals surface area contributed by atoms with Gasteiger partial charge in [-0.15, -0.1) is 0 Å². The highest BCUT2D eigenvalue weighted by Gasteiger charge is 2.10. The molecular weight excluding hydrogens is 250 g/mol. The Morgan fingerprint density at radius 1 is 1.00 bits per heavy atom. The summed E-state index contributed by atoms with van der Waals surface area (Å²) in [5.74, 6) is 0.931. The minimum absolute atomic E-state index is 0.221. The molecule has 0 saturated heterocycles. The Labute approximate surface area is 114 Å². The lowest BCUT2D eigenvalue weighted by Gasteiger charge is -2.01. The largest absolute Gasteiger partial charge is 0.508 e. The quantitative estimate of drug-likeness (QED) is 0.551. The molecule has 2 aromatic heterocycles. The first-order valence-electron chi connectivity index (χ1n) is 6.34. The summed E-state index contributed by atoms with van der Waals surface area (Å²) < 4.78 is 0. The number of hydrogen-bond acceptors (Lipinski definition) is 3. The summed E-state index contributed by atoms with van der Waals surface area (Å²) in [5, 5.41) is 11.7. The van der Waals surface area contributed by atoms with E-state index in [0.29, 0.717) is 5.82 Å². The number of aromatic hydroxyl groups is 1. The monoisotopic (exact) mass is 261 g/mol. The number of nitrogens with zero attached hydrogens (tertiary/aromatic N) is 2. The number of aromatic amines is 1. The molecule has 4 rings (SSSR count). The van der Waals surface area contributed by atoms with Crippen molar-refractivity contribution in [1.82, 2.24) is 15.0 Å². The first kappa shape index (κ1) is 11.0. The Hall–Kier alpha value is -2.88. The van der Waals surface area contributed by atoms with Gasteiger partial charge in [-0.05, 0) is 23.6 Å². The Bertz CT molecular complexity index is 922. The van der Waals surface area contributed by atoms with Gasteiger partial charge in [-0.1, -0.05) is 24.3 Å². The summed E-state index contributed by atoms with van der Waals surface area (Å²) in [6, 6.07) is 15.1. The molecule has 2 heterocycles. The number of pyridine rings is 1. The van der Waals surface area contributed by atoms with Crippen LogP contribution in [0.5, 0.6) is 5.75 Å². The SMILES string of the molecule is Oc1ccc2nc(-c3nccc4ccccc34)[nH]c2c1. The molecule has 96 valence electrons. The van der Waals surface area contributed by atoms with Crippen LogP contribution in [-0.2, 0) is 0 Å². The zero-order valence-corrected chi connectivity index (χ0v) is 10.5.